The summed E-state index contributed by atoms with van der Waals surface area (Å²) in [6.45, 7) is 7.84. The predicted molar refractivity (Wildman–Crippen MR) is 74.8 cm³/mol. The van der Waals surface area contributed by atoms with E-state index in [1.54, 1.807) is 4.90 Å². The van der Waals surface area contributed by atoms with Crippen LogP contribution >= 0.6 is 0 Å². The van der Waals surface area contributed by atoms with Crippen LogP contribution in [0.25, 0.3) is 0 Å². The lowest BCUT2D eigenvalue weighted by Crippen LogP contribution is -2.43. The van der Waals surface area contributed by atoms with Gasteiger partial charge in [0.25, 0.3) is 0 Å². The number of carbonyl (C=O) groups excluding carboxylic acids is 1. The summed E-state index contributed by atoms with van der Waals surface area (Å²) in [7, 11) is 0. The summed E-state index contributed by atoms with van der Waals surface area (Å²) in [5.74, 6) is 0.734. The van der Waals surface area contributed by atoms with E-state index >= 15 is 0 Å². The third-order valence-electron chi connectivity index (χ3n) is 3.63. The first-order chi connectivity index (χ1) is 8.87. The van der Waals surface area contributed by atoms with Crippen molar-refractivity contribution in [2.45, 2.75) is 45.6 Å². The van der Waals surface area contributed by atoms with E-state index in [0.717, 1.165) is 19.3 Å². The Morgan fingerprint density at radius 2 is 2.00 bits per heavy atom. The summed E-state index contributed by atoms with van der Waals surface area (Å²) in [5, 5.41) is 9.38. The molecule has 1 unspecified atom stereocenters. The van der Waals surface area contributed by atoms with Crippen LogP contribution in [0.1, 0.15) is 40.0 Å². The van der Waals surface area contributed by atoms with Crippen LogP contribution in [0.15, 0.2) is 0 Å². The maximum atomic E-state index is 11.9. The van der Waals surface area contributed by atoms with Gasteiger partial charge in [0, 0.05) is 19.7 Å². The number of piperidine rings is 1. The van der Waals surface area contributed by atoms with Crippen molar-refractivity contribution >= 4 is 6.09 Å². The van der Waals surface area contributed by atoms with Crippen molar-refractivity contribution in [3.05, 3.63) is 0 Å². The fourth-order valence-corrected chi connectivity index (χ4v) is 2.57. The first-order valence-corrected chi connectivity index (χ1v) is 7.16. The van der Waals surface area contributed by atoms with Gasteiger partial charge in [-0.1, -0.05) is 0 Å². The molecule has 19 heavy (non-hydrogen) atoms. The van der Waals surface area contributed by atoms with E-state index in [9.17, 15) is 9.90 Å². The molecule has 1 amide bonds. The molecule has 0 spiro atoms. The van der Waals surface area contributed by atoms with Gasteiger partial charge in [0.1, 0.15) is 5.60 Å². The monoisotopic (exact) mass is 272 g/mol. The van der Waals surface area contributed by atoms with E-state index in [-0.39, 0.29) is 18.6 Å². The number of amides is 1. The zero-order valence-corrected chi connectivity index (χ0v) is 12.4. The molecule has 1 saturated heterocycles. The van der Waals surface area contributed by atoms with Crippen LogP contribution in [-0.2, 0) is 4.74 Å². The molecule has 1 rings (SSSR count). The molecule has 0 aromatic heterocycles. The Bertz CT molecular complexity index is 281. The van der Waals surface area contributed by atoms with Crippen molar-refractivity contribution < 1.29 is 14.6 Å². The van der Waals surface area contributed by atoms with E-state index in [0.29, 0.717) is 25.6 Å². The molecular weight excluding hydrogens is 244 g/mol. The zero-order chi connectivity index (χ0) is 14.5. The van der Waals surface area contributed by atoms with Gasteiger partial charge in [-0.05, 0) is 58.4 Å². The van der Waals surface area contributed by atoms with Crippen LogP contribution in [0.5, 0.6) is 0 Å². The molecule has 1 aliphatic rings. The van der Waals surface area contributed by atoms with Crippen molar-refractivity contribution in [1.82, 2.24) is 4.90 Å². The molecule has 0 saturated carbocycles. The third-order valence-corrected chi connectivity index (χ3v) is 3.63. The Morgan fingerprint density at radius 1 is 1.42 bits per heavy atom. The summed E-state index contributed by atoms with van der Waals surface area (Å²) in [4.78, 5) is 13.7. The number of hydrogen-bond acceptors (Lipinski definition) is 4. The van der Waals surface area contributed by atoms with E-state index in [2.05, 4.69) is 0 Å². The number of nitrogens with two attached hydrogens (primary N) is 1. The molecule has 0 aliphatic carbocycles. The Hall–Kier alpha value is -0.810. The maximum Gasteiger partial charge on any atom is 0.410 e. The summed E-state index contributed by atoms with van der Waals surface area (Å²) in [6, 6.07) is 0. The number of ether oxygens (including phenoxy) is 1. The number of aliphatic hydroxyl groups is 1. The van der Waals surface area contributed by atoms with Gasteiger partial charge in [-0.3, -0.25) is 0 Å². The molecule has 5 nitrogen and oxygen atoms in total. The molecule has 0 aromatic carbocycles. The first kappa shape index (κ1) is 16.2. The third kappa shape index (κ3) is 5.37. The summed E-state index contributed by atoms with van der Waals surface area (Å²) >= 11 is 0. The SMILES string of the molecule is CC(C)(C)OC(=O)N1CCC(C(CO)CCN)CC1. The molecule has 1 atom stereocenters. The molecule has 1 heterocycles. The lowest BCUT2D eigenvalue weighted by molar-refractivity contribution is 0.0138. The van der Waals surface area contributed by atoms with Gasteiger partial charge in [0.15, 0.2) is 0 Å². The highest BCUT2D eigenvalue weighted by Gasteiger charge is 2.29. The van der Waals surface area contributed by atoms with Crippen LogP contribution < -0.4 is 5.73 Å². The van der Waals surface area contributed by atoms with Crippen LogP contribution in [0.2, 0.25) is 0 Å². The fourth-order valence-electron chi connectivity index (χ4n) is 2.57. The number of hydrogen-bond donors (Lipinski definition) is 2. The van der Waals surface area contributed by atoms with Gasteiger partial charge in [-0.2, -0.15) is 0 Å². The number of carbonyl (C=O) groups is 1. The molecular formula is C14H28N2O3. The molecule has 112 valence electrons. The standard InChI is InChI=1S/C14H28N2O3/c1-14(2,3)19-13(18)16-8-5-11(6-9-16)12(10-17)4-7-15/h11-12,17H,4-10,15H2,1-3H3. The topological polar surface area (TPSA) is 75.8 Å². The predicted octanol–water partition coefficient (Wildman–Crippen LogP) is 1.59. The van der Waals surface area contributed by atoms with Gasteiger partial charge in [-0.25, -0.2) is 4.79 Å². The van der Waals surface area contributed by atoms with Gasteiger partial charge < -0.3 is 20.5 Å². The summed E-state index contributed by atoms with van der Waals surface area (Å²) in [6.07, 6.45) is 2.47. The molecule has 1 aliphatic heterocycles. The minimum absolute atomic E-state index is 0.189. The number of aliphatic hydroxyl groups excluding tert-OH is 1. The minimum atomic E-state index is -0.443. The molecule has 3 N–H and O–H groups in total. The maximum absolute atomic E-state index is 11.9. The largest absolute Gasteiger partial charge is 0.444 e. The highest BCUT2D eigenvalue weighted by Crippen LogP contribution is 2.27. The second kappa shape index (κ2) is 7.10. The van der Waals surface area contributed by atoms with E-state index in [1.165, 1.54) is 0 Å². The smallest absolute Gasteiger partial charge is 0.410 e. The van der Waals surface area contributed by atoms with Crippen LogP contribution in [0.3, 0.4) is 0 Å². The highest BCUT2D eigenvalue weighted by molar-refractivity contribution is 5.68. The van der Waals surface area contributed by atoms with E-state index < -0.39 is 5.60 Å². The van der Waals surface area contributed by atoms with E-state index in [1.807, 2.05) is 20.8 Å². The van der Waals surface area contributed by atoms with Gasteiger partial charge in [-0.15, -0.1) is 0 Å². The second-order valence-electron chi connectivity index (χ2n) is 6.32. The van der Waals surface area contributed by atoms with Crippen LogP contribution in [0, 0.1) is 11.8 Å². The van der Waals surface area contributed by atoms with Gasteiger partial charge >= 0.3 is 6.09 Å². The average Bonchev–Trinajstić information content (AvgIpc) is 2.34. The van der Waals surface area contributed by atoms with Crippen molar-refractivity contribution in [3.8, 4) is 0 Å². The van der Waals surface area contributed by atoms with E-state index in [4.69, 9.17) is 10.5 Å². The van der Waals surface area contributed by atoms with Crippen molar-refractivity contribution in [2.24, 2.45) is 17.6 Å². The molecule has 5 heteroatoms. The Kier molecular flexibility index (Phi) is 6.07. The van der Waals surface area contributed by atoms with Crippen molar-refractivity contribution in [1.29, 1.82) is 0 Å². The van der Waals surface area contributed by atoms with Crippen LogP contribution in [-0.4, -0.2) is 47.9 Å². The van der Waals surface area contributed by atoms with Crippen LogP contribution in [0.4, 0.5) is 4.79 Å². The molecule has 0 radical (unpaired) electrons. The Balaban J connectivity index is 2.42. The molecule has 0 bridgehead atoms. The van der Waals surface area contributed by atoms with Gasteiger partial charge in [0.05, 0.1) is 0 Å². The normalized spacial score (nSPS) is 19.3. The highest BCUT2D eigenvalue weighted by atomic mass is 16.6. The summed E-state index contributed by atoms with van der Waals surface area (Å²) in [5.41, 5.74) is 5.12. The van der Waals surface area contributed by atoms with Crippen molar-refractivity contribution in [3.63, 3.8) is 0 Å². The minimum Gasteiger partial charge on any atom is -0.444 e. The Morgan fingerprint density at radius 3 is 2.42 bits per heavy atom. The number of nitrogens with zero attached hydrogens (tertiary/aromatic N) is 1. The first-order valence-electron chi connectivity index (χ1n) is 7.16. The molecule has 0 aromatic rings. The molecule has 1 fully saturated rings. The quantitative estimate of drug-likeness (QED) is 0.815. The fraction of sp³-hybridized carbons (Fsp3) is 0.929. The lowest BCUT2D eigenvalue weighted by Gasteiger charge is -2.36. The number of rotatable bonds is 4. The van der Waals surface area contributed by atoms with Gasteiger partial charge in [0.2, 0.25) is 0 Å². The summed E-state index contributed by atoms with van der Waals surface area (Å²) < 4.78 is 5.36. The average molecular weight is 272 g/mol. The lowest BCUT2D eigenvalue weighted by atomic mass is 9.83. The van der Waals surface area contributed by atoms with Crippen molar-refractivity contribution in [2.75, 3.05) is 26.2 Å². The second-order valence-corrected chi connectivity index (χ2v) is 6.32. The zero-order valence-electron chi connectivity index (χ0n) is 12.4. The Labute approximate surface area is 116 Å². The number of likely N-dealkylation sites (tertiary alicyclic amines) is 1.